The second-order valence-electron chi connectivity index (χ2n) is 9.56. The molecule has 1 aromatic rings. The number of hydrogen-bond donors (Lipinski definition) is 3. The van der Waals surface area contributed by atoms with Crippen LogP contribution in [0.4, 0.5) is 17.3 Å². The SMILES string of the molecule is CC.CC.CC[C@@H](CCC(=O)NC1CCCCC1)OC(C)N1CNc2c(NC3CCCC3)ncnc21. The number of ether oxygens (including phenoxy) is 1. The lowest BCUT2D eigenvalue weighted by Gasteiger charge is -2.29. The average molecular weight is 505 g/mol. The molecule has 3 N–H and O–H groups in total. The number of carbonyl (C=O) groups excluding carboxylic acids is 1. The molecule has 3 aliphatic rings. The fraction of sp³-hybridized carbons (Fsp3) is 0.821. The van der Waals surface area contributed by atoms with Crippen LogP contribution in [0.25, 0.3) is 0 Å². The molecule has 1 aliphatic heterocycles. The van der Waals surface area contributed by atoms with Crippen LogP contribution in [0.5, 0.6) is 0 Å². The Balaban J connectivity index is 0.00000109. The van der Waals surface area contributed by atoms with E-state index in [4.69, 9.17) is 4.74 Å². The van der Waals surface area contributed by atoms with E-state index in [0.29, 0.717) is 25.2 Å². The van der Waals surface area contributed by atoms with Gasteiger partial charge in [-0.1, -0.05) is 66.7 Å². The van der Waals surface area contributed by atoms with Crippen LogP contribution in [-0.2, 0) is 9.53 Å². The summed E-state index contributed by atoms with van der Waals surface area (Å²) in [5.41, 5.74) is 0.967. The van der Waals surface area contributed by atoms with Crippen LogP contribution in [0.1, 0.15) is 119 Å². The number of carbonyl (C=O) groups is 1. The van der Waals surface area contributed by atoms with Gasteiger partial charge in [0.1, 0.15) is 18.2 Å². The Kier molecular flexibility index (Phi) is 13.9. The fourth-order valence-corrected chi connectivity index (χ4v) is 5.23. The topological polar surface area (TPSA) is 91.4 Å². The maximum atomic E-state index is 12.4. The molecule has 0 saturated heterocycles. The lowest BCUT2D eigenvalue weighted by atomic mass is 9.95. The first-order chi connectivity index (χ1) is 17.6. The molecule has 2 saturated carbocycles. The maximum Gasteiger partial charge on any atom is 0.220 e. The summed E-state index contributed by atoms with van der Waals surface area (Å²) in [6, 6.07) is 0.873. The smallest absolute Gasteiger partial charge is 0.220 e. The molecule has 8 heteroatoms. The maximum absolute atomic E-state index is 12.4. The summed E-state index contributed by atoms with van der Waals surface area (Å²) >= 11 is 0. The number of aromatic nitrogens is 2. The number of anilines is 3. The van der Waals surface area contributed by atoms with Crippen LogP contribution < -0.4 is 20.9 Å². The van der Waals surface area contributed by atoms with Crippen molar-refractivity contribution in [2.45, 2.75) is 143 Å². The summed E-state index contributed by atoms with van der Waals surface area (Å²) in [7, 11) is 0. The van der Waals surface area contributed by atoms with E-state index >= 15 is 0 Å². The number of rotatable bonds is 10. The Hall–Kier alpha value is -2.09. The largest absolute Gasteiger partial charge is 0.365 e. The van der Waals surface area contributed by atoms with Crippen LogP contribution >= 0.6 is 0 Å². The van der Waals surface area contributed by atoms with Crippen molar-refractivity contribution >= 4 is 23.2 Å². The van der Waals surface area contributed by atoms with Gasteiger partial charge in [-0.25, -0.2) is 9.97 Å². The van der Waals surface area contributed by atoms with E-state index in [1.54, 1.807) is 6.33 Å². The van der Waals surface area contributed by atoms with E-state index in [-0.39, 0.29) is 18.2 Å². The van der Waals surface area contributed by atoms with Crippen molar-refractivity contribution in [1.29, 1.82) is 0 Å². The number of hydrogen-bond acceptors (Lipinski definition) is 7. The van der Waals surface area contributed by atoms with Crippen LogP contribution in [-0.4, -0.2) is 47.0 Å². The fourth-order valence-electron chi connectivity index (χ4n) is 5.23. The molecule has 2 atom stereocenters. The normalized spacial score (nSPS) is 19.1. The van der Waals surface area contributed by atoms with Crippen molar-refractivity contribution in [3.63, 3.8) is 0 Å². The van der Waals surface area contributed by atoms with E-state index in [1.165, 1.54) is 44.9 Å². The summed E-state index contributed by atoms with van der Waals surface area (Å²) in [4.78, 5) is 23.6. The molecule has 4 rings (SSSR count). The molecule has 1 unspecified atom stereocenters. The van der Waals surface area contributed by atoms with E-state index < -0.39 is 0 Å². The molecule has 8 nitrogen and oxygen atoms in total. The third-order valence-corrected chi connectivity index (χ3v) is 7.17. The Labute approximate surface area is 219 Å². The molecule has 206 valence electrons. The molecule has 1 aromatic heterocycles. The molecule has 0 spiro atoms. The summed E-state index contributed by atoms with van der Waals surface area (Å²) in [5, 5.41) is 10.3. The van der Waals surface area contributed by atoms with E-state index in [9.17, 15) is 4.79 Å². The second kappa shape index (κ2) is 16.6. The highest BCUT2D eigenvalue weighted by Crippen LogP contribution is 2.37. The number of nitrogens with one attached hydrogen (secondary N) is 3. The number of nitrogens with zero attached hydrogens (tertiary/aromatic N) is 3. The zero-order chi connectivity index (χ0) is 26.3. The van der Waals surface area contributed by atoms with Crippen molar-refractivity contribution < 1.29 is 9.53 Å². The van der Waals surface area contributed by atoms with Gasteiger partial charge in [0, 0.05) is 18.5 Å². The van der Waals surface area contributed by atoms with E-state index in [1.807, 2.05) is 27.7 Å². The summed E-state index contributed by atoms with van der Waals surface area (Å²) in [6.07, 6.45) is 14.7. The second-order valence-corrected chi connectivity index (χ2v) is 9.56. The van der Waals surface area contributed by atoms with Crippen molar-refractivity contribution in [1.82, 2.24) is 15.3 Å². The van der Waals surface area contributed by atoms with Gasteiger partial charge in [-0.05, 0) is 45.4 Å². The average Bonchev–Trinajstić information content (AvgIpc) is 3.60. The molecule has 2 fully saturated rings. The molecule has 1 amide bonds. The van der Waals surface area contributed by atoms with E-state index in [2.05, 4.69) is 44.7 Å². The molecule has 2 aliphatic carbocycles. The van der Waals surface area contributed by atoms with Gasteiger partial charge in [-0.3, -0.25) is 4.79 Å². The van der Waals surface area contributed by atoms with Gasteiger partial charge in [0.05, 0.1) is 12.8 Å². The molecule has 2 heterocycles. The van der Waals surface area contributed by atoms with Crippen LogP contribution in [0.2, 0.25) is 0 Å². The summed E-state index contributed by atoms with van der Waals surface area (Å²) in [5.74, 6) is 1.94. The molecule has 0 bridgehead atoms. The van der Waals surface area contributed by atoms with Crippen LogP contribution in [0, 0.1) is 0 Å². The molecular formula is C28H52N6O2. The third-order valence-electron chi connectivity index (χ3n) is 7.17. The van der Waals surface area contributed by atoms with Crippen LogP contribution in [0.3, 0.4) is 0 Å². The van der Waals surface area contributed by atoms with E-state index in [0.717, 1.165) is 43.0 Å². The molecule has 0 aromatic carbocycles. The highest BCUT2D eigenvalue weighted by molar-refractivity contribution is 5.81. The first kappa shape index (κ1) is 30.1. The Morgan fingerprint density at radius 1 is 1.06 bits per heavy atom. The minimum Gasteiger partial charge on any atom is -0.365 e. The number of fused-ring (bicyclic) bond motifs is 1. The monoisotopic (exact) mass is 504 g/mol. The van der Waals surface area contributed by atoms with Crippen molar-refractivity contribution in [2.75, 3.05) is 22.2 Å². The minimum atomic E-state index is -0.135. The zero-order valence-corrected chi connectivity index (χ0v) is 23.7. The predicted molar refractivity (Wildman–Crippen MR) is 150 cm³/mol. The highest BCUT2D eigenvalue weighted by Gasteiger charge is 2.30. The highest BCUT2D eigenvalue weighted by atomic mass is 16.5. The van der Waals surface area contributed by atoms with Crippen LogP contribution in [0.15, 0.2) is 6.33 Å². The summed E-state index contributed by atoms with van der Waals surface area (Å²) in [6.45, 7) is 12.8. The third kappa shape index (κ3) is 8.79. The van der Waals surface area contributed by atoms with Gasteiger partial charge in [0.25, 0.3) is 0 Å². The van der Waals surface area contributed by atoms with Gasteiger partial charge in [0.15, 0.2) is 11.6 Å². The van der Waals surface area contributed by atoms with Gasteiger partial charge in [0.2, 0.25) is 5.91 Å². The van der Waals surface area contributed by atoms with Gasteiger partial charge in [-0.15, -0.1) is 0 Å². The lowest BCUT2D eigenvalue weighted by Crippen LogP contribution is -2.39. The summed E-state index contributed by atoms with van der Waals surface area (Å²) < 4.78 is 6.38. The van der Waals surface area contributed by atoms with Gasteiger partial charge >= 0.3 is 0 Å². The Morgan fingerprint density at radius 2 is 1.69 bits per heavy atom. The first-order valence-corrected chi connectivity index (χ1v) is 14.7. The lowest BCUT2D eigenvalue weighted by molar-refractivity contribution is -0.123. The number of amides is 1. The van der Waals surface area contributed by atoms with Crippen molar-refractivity contribution in [3.8, 4) is 0 Å². The standard InChI is InChI=1S/C24H40N6O2.2C2H6/c1-3-20(13-14-21(31)28-18-9-5-4-6-10-18)32-17(2)30-16-27-22-23(25-15-26-24(22)30)29-19-11-7-8-12-19;2*1-2/h15,17-20,27H,3-14,16H2,1-2H3,(H,28,31)(H,25,26,29);2*1-2H3/t17?,20-;;/m0../s1. The minimum absolute atomic E-state index is 0.0454. The Morgan fingerprint density at radius 3 is 2.36 bits per heavy atom. The predicted octanol–water partition coefficient (Wildman–Crippen LogP) is 6.44. The quantitative estimate of drug-likeness (QED) is 0.337. The first-order valence-electron chi connectivity index (χ1n) is 14.7. The van der Waals surface area contributed by atoms with Gasteiger partial charge < -0.3 is 25.6 Å². The molecule has 0 radical (unpaired) electrons. The molecular weight excluding hydrogens is 452 g/mol. The van der Waals surface area contributed by atoms with Crippen molar-refractivity contribution in [3.05, 3.63) is 6.33 Å². The van der Waals surface area contributed by atoms with Crippen molar-refractivity contribution in [2.24, 2.45) is 0 Å². The zero-order valence-electron chi connectivity index (χ0n) is 23.7. The Bertz CT molecular complexity index is 750. The van der Waals surface area contributed by atoms with Gasteiger partial charge in [-0.2, -0.15) is 0 Å². The molecule has 36 heavy (non-hydrogen) atoms.